The van der Waals surface area contributed by atoms with Gasteiger partial charge in [-0.25, -0.2) is 9.78 Å². The van der Waals surface area contributed by atoms with Crippen LogP contribution in [0.4, 0.5) is 16.3 Å². The summed E-state index contributed by atoms with van der Waals surface area (Å²) in [5, 5.41) is 4.51. The molecule has 2 aromatic carbocycles. The average molecular weight is 278 g/mol. The minimum Gasteiger partial charge on any atom is -0.383 e. The Bertz CT molecular complexity index is 812. The van der Waals surface area contributed by atoms with Crippen LogP contribution in [0.3, 0.4) is 0 Å². The highest BCUT2D eigenvalue weighted by molar-refractivity contribution is 6.01. The third-order valence-electron chi connectivity index (χ3n) is 3.30. The number of nitrogen functional groups attached to an aromatic ring is 1. The van der Waals surface area contributed by atoms with Gasteiger partial charge in [0, 0.05) is 17.3 Å². The first-order chi connectivity index (χ1) is 10.1. The van der Waals surface area contributed by atoms with E-state index >= 15 is 0 Å². The number of primary amides is 1. The van der Waals surface area contributed by atoms with Gasteiger partial charge in [0.25, 0.3) is 0 Å². The first-order valence-electron chi connectivity index (χ1n) is 6.45. The highest BCUT2D eigenvalue weighted by atomic mass is 16.2. The highest BCUT2D eigenvalue weighted by Crippen LogP contribution is 2.30. The number of hydrogen-bond acceptors (Lipinski definition) is 3. The third kappa shape index (κ3) is 2.49. The van der Waals surface area contributed by atoms with Crippen LogP contribution in [-0.2, 0) is 0 Å². The molecule has 0 saturated heterocycles. The van der Waals surface area contributed by atoms with Crippen molar-refractivity contribution < 1.29 is 4.79 Å². The summed E-state index contributed by atoms with van der Waals surface area (Å²) in [6.45, 7) is 0. The number of aromatic nitrogens is 1. The van der Waals surface area contributed by atoms with E-state index in [1.807, 2.05) is 48.5 Å². The standard InChI is InChI=1S/C16H14N4O/c17-15-14-3-1-2-12(13(14)8-9-19-15)10-4-6-11(7-5-10)20-16(18)21/h1-9H,(H2,17,19)(H3,18,20,21). The van der Waals surface area contributed by atoms with Crippen LogP contribution in [0, 0.1) is 0 Å². The lowest BCUT2D eigenvalue weighted by atomic mass is 9.99. The number of benzene rings is 2. The minimum absolute atomic E-state index is 0.515. The van der Waals surface area contributed by atoms with Crippen molar-refractivity contribution in [1.82, 2.24) is 4.98 Å². The van der Waals surface area contributed by atoms with E-state index in [0.717, 1.165) is 21.9 Å². The number of nitrogens with one attached hydrogen (secondary N) is 1. The smallest absolute Gasteiger partial charge is 0.316 e. The van der Waals surface area contributed by atoms with E-state index in [0.29, 0.717) is 11.5 Å². The maximum atomic E-state index is 10.8. The van der Waals surface area contributed by atoms with Gasteiger partial charge in [-0.2, -0.15) is 0 Å². The number of anilines is 2. The van der Waals surface area contributed by atoms with Gasteiger partial charge in [0.05, 0.1) is 0 Å². The second kappa shape index (κ2) is 5.13. The number of pyridine rings is 1. The van der Waals surface area contributed by atoms with Gasteiger partial charge in [0.1, 0.15) is 5.82 Å². The number of carbonyl (C=O) groups excluding carboxylic acids is 1. The largest absolute Gasteiger partial charge is 0.383 e. The quantitative estimate of drug-likeness (QED) is 0.672. The fourth-order valence-corrected chi connectivity index (χ4v) is 2.36. The number of nitrogens with two attached hydrogens (primary N) is 2. The van der Waals surface area contributed by atoms with Crippen molar-refractivity contribution in [2.75, 3.05) is 11.1 Å². The fraction of sp³-hybridized carbons (Fsp3) is 0. The molecule has 3 rings (SSSR count). The molecule has 104 valence electrons. The van der Waals surface area contributed by atoms with Crippen molar-refractivity contribution in [3.8, 4) is 11.1 Å². The summed E-state index contributed by atoms with van der Waals surface area (Å²) in [6, 6.07) is 14.8. The Morgan fingerprint density at radius 1 is 1.00 bits per heavy atom. The van der Waals surface area contributed by atoms with E-state index in [2.05, 4.69) is 10.3 Å². The topological polar surface area (TPSA) is 94.0 Å². The number of fused-ring (bicyclic) bond motifs is 1. The predicted molar refractivity (Wildman–Crippen MR) is 84.8 cm³/mol. The van der Waals surface area contributed by atoms with Gasteiger partial charge in [-0.15, -0.1) is 0 Å². The summed E-state index contributed by atoms with van der Waals surface area (Å²) in [5.74, 6) is 0.515. The van der Waals surface area contributed by atoms with Crippen LogP contribution in [0.5, 0.6) is 0 Å². The Kier molecular flexibility index (Phi) is 3.16. The van der Waals surface area contributed by atoms with Crippen molar-refractivity contribution in [1.29, 1.82) is 0 Å². The summed E-state index contributed by atoms with van der Waals surface area (Å²) in [5.41, 5.74) is 13.8. The molecular weight excluding hydrogens is 264 g/mol. The molecule has 0 aliphatic heterocycles. The van der Waals surface area contributed by atoms with Crippen LogP contribution in [0.2, 0.25) is 0 Å². The van der Waals surface area contributed by atoms with E-state index in [4.69, 9.17) is 11.5 Å². The molecule has 0 unspecified atom stereocenters. The molecule has 1 heterocycles. The van der Waals surface area contributed by atoms with Gasteiger partial charge in [-0.1, -0.05) is 30.3 Å². The third-order valence-corrected chi connectivity index (χ3v) is 3.30. The fourth-order valence-electron chi connectivity index (χ4n) is 2.36. The molecule has 0 aliphatic carbocycles. The van der Waals surface area contributed by atoms with E-state index in [1.54, 1.807) is 6.20 Å². The zero-order valence-electron chi connectivity index (χ0n) is 11.2. The molecule has 21 heavy (non-hydrogen) atoms. The number of rotatable bonds is 2. The lowest BCUT2D eigenvalue weighted by Gasteiger charge is -2.09. The zero-order valence-corrected chi connectivity index (χ0v) is 11.2. The number of nitrogens with zero attached hydrogens (tertiary/aromatic N) is 1. The monoisotopic (exact) mass is 278 g/mol. The summed E-state index contributed by atoms with van der Waals surface area (Å²) in [4.78, 5) is 14.9. The van der Waals surface area contributed by atoms with Crippen LogP contribution >= 0.6 is 0 Å². The average Bonchev–Trinajstić information content (AvgIpc) is 2.48. The van der Waals surface area contributed by atoms with Gasteiger partial charge >= 0.3 is 6.03 Å². The molecule has 0 radical (unpaired) electrons. The number of urea groups is 1. The first-order valence-corrected chi connectivity index (χ1v) is 6.45. The Hall–Kier alpha value is -3.08. The molecule has 5 nitrogen and oxygen atoms in total. The highest BCUT2D eigenvalue weighted by Gasteiger charge is 2.06. The summed E-state index contributed by atoms with van der Waals surface area (Å²) in [7, 11) is 0. The summed E-state index contributed by atoms with van der Waals surface area (Å²) >= 11 is 0. The Labute approximate surface area is 121 Å². The van der Waals surface area contributed by atoms with Crippen LogP contribution in [0.1, 0.15) is 0 Å². The number of carbonyl (C=O) groups is 1. The van der Waals surface area contributed by atoms with Crippen molar-refractivity contribution in [2.45, 2.75) is 0 Å². The maximum Gasteiger partial charge on any atom is 0.316 e. The molecule has 1 aromatic heterocycles. The van der Waals surface area contributed by atoms with Crippen molar-refractivity contribution in [2.24, 2.45) is 5.73 Å². The van der Waals surface area contributed by atoms with Gasteiger partial charge in [0.15, 0.2) is 0 Å². The second-order valence-corrected chi connectivity index (χ2v) is 4.66. The van der Waals surface area contributed by atoms with E-state index in [-0.39, 0.29) is 0 Å². The normalized spacial score (nSPS) is 10.5. The molecule has 2 amide bonds. The van der Waals surface area contributed by atoms with Crippen LogP contribution in [0.15, 0.2) is 54.7 Å². The molecule has 5 N–H and O–H groups in total. The lowest BCUT2D eigenvalue weighted by molar-refractivity contribution is 0.259. The molecule has 0 bridgehead atoms. The summed E-state index contributed by atoms with van der Waals surface area (Å²) < 4.78 is 0. The molecule has 0 fully saturated rings. The lowest BCUT2D eigenvalue weighted by Crippen LogP contribution is -2.19. The van der Waals surface area contributed by atoms with E-state index < -0.39 is 6.03 Å². The molecule has 3 aromatic rings. The molecule has 0 aliphatic rings. The SMILES string of the molecule is NC(=O)Nc1ccc(-c2cccc3c(N)nccc23)cc1. The molecule has 0 atom stereocenters. The molecular formula is C16H14N4O. The van der Waals surface area contributed by atoms with Gasteiger partial charge in [-0.05, 0) is 34.7 Å². The van der Waals surface area contributed by atoms with Crippen molar-refractivity contribution >= 4 is 28.3 Å². The van der Waals surface area contributed by atoms with Crippen LogP contribution in [-0.4, -0.2) is 11.0 Å². The van der Waals surface area contributed by atoms with Crippen molar-refractivity contribution in [3.05, 3.63) is 54.7 Å². The zero-order chi connectivity index (χ0) is 14.8. The molecule has 0 saturated carbocycles. The van der Waals surface area contributed by atoms with Crippen molar-refractivity contribution in [3.63, 3.8) is 0 Å². The minimum atomic E-state index is -0.577. The maximum absolute atomic E-state index is 10.8. The molecule has 5 heteroatoms. The molecule has 0 spiro atoms. The van der Waals surface area contributed by atoms with E-state index in [1.165, 1.54) is 0 Å². The van der Waals surface area contributed by atoms with E-state index in [9.17, 15) is 4.79 Å². The Morgan fingerprint density at radius 3 is 2.48 bits per heavy atom. The first kappa shape index (κ1) is 12.9. The van der Waals surface area contributed by atoms with Gasteiger partial charge in [-0.3, -0.25) is 0 Å². The Balaban J connectivity index is 2.08. The Morgan fingerprint density at radius 2 is 1.76 bits per heavy atom. The summed E-state index contributed by atoms with van der Waals surface area (Å²) in [6.07, 6.45) is 1.70. The van der Waals surface area contributed by atoms with Crippen LogP contribution in [0.25, 0.3) is 21.9 Å². The number of hydrogen-bond donors (Lipinski definition) is 3. The van der Waals surface area contributed by atoms with Gasteiger partial charge in [0.2, 0.25) is 0 Å². The number of amides is 2. The van der Waals surface area contributed by atoms with Gasteiger partial charge < -0.3 is 16.8 Å². The second-order valence-electron chi connectivity index (χ2n) is 4.66. The van der Waals surface area contributed by atoms with Crippen LogP contribution < -0.4 is 16.8 Å². The predicted octanol–water partition coefficient (Wildman–Crippen LogP) is 2.97.